The molecule has 6 nitrogen and oxygen atoms in total. The Morgan fingerprint density at radius 1 is 0.963 bits per heavy atom. The summed E-state index contributed by atoms with van der Waals surface area (Å²) in [7, 11) is 0. The number of hydrogen-bond acceptors (Lipinski definition) is 5. The maximum atomic E-state index is 13.2. The number of alkyl halides is 3. The Balaban J connectivity index is 2.04. The number of carbonyl (C=O) groups is 1. The lowest BCUT2D eigenvalue weighted by Gasteiger charge is -2.19. The Bertz CT molecular complexity index is 1090. The van der Waals surface area contributed by atoms with Crippen LogP contribution in [-0.2, 0) is 11.0 Å². The standard InChI is InChI=1S/C18H13F3N4O2/c19-18(20,21)14-7-6-13-15(24-9-8-12(26)10-24)23-17(27)25(16(13)22-14)11-4-2-1-3-5-11/h1-7H,8-10H2. The average Bonchev–Trinajstić information content (AvgIpc) is 3.06. The average molecular weight is 374 g/mol. The predicted molar refractivity (Wildman–Crippen MR) is 92.0 cm³/mol. The fraction of sp³-hybridized carbons (Fsp3) is 0.222. The second kappa shape index (κ2) is 6.19. The second-order valence-corrected chi connectivity index (χ2v) is 6.16. The van der Waals surface area contributed by atoms with Gasteiger partial charge in [-0.05, 0) is 24.3 Å². The van der Waals surface area contributed by atoms with Crippen LogP contribution in [0.15, 0.2) is 47.3 Å². The highest BCUT2D eigenvalue weighted by Gasteiger charge is 2.34. The first-order valence-corrected chi connectivity index (χ1v) is 8.17. The van der Waals surface area contributed by atoms with Crippen molar-refractivity contribution in [2.24, 2.45) is 0 Å². The van der Waals surface area contributed by atoms with Gasteiger partial charge in [0.25, 0.3) is 0 Å². The molecule has 0 saturated carbocycles. The van der Waals surface area contributed by atoms with E-state index >= 15 is 0 Å². The molecule has 0 spiro atoms. The molecule has 1 fully saturated rings. The van der Waals surface area contributed by atoms with Crippen LogP contribution in [0.3, 0.4) is 0 Å². The molecule has 9 heteroatoms. The van der Waals surface area contributed by atoms with E-state index in [1.54, 1.807) is 35.2 Å². The van der Waals surface area contributed by atoms with Crippen LogP contribution in [0.5, 0.6) is 0 Å². The molecule has 0 N–H and O–H groups in total. The van der Waals surface area contributed by atoms with Crippen molar-refractivity contribution >= 4 is 22.6 Å². The number of pyridine rings is 1. The van der Waals surface area contributed by atoms with E-state index in [2.05, 4.69) is 9.97 Å². The van der Waals surface area contributed by atoms with E-state index in [4.69, 9.17) is 0 Å². The molecule has 3 heterocycles. The van der Waals surface area contributed by atoms with Gasteiger partial charge in [0.2, 0.25) is 0 Å². The van der Waals surface area contributed by atoms with Gasteiger partial charge in [0.05, 0.1) is 17.6 Å². The van der Waals surface area contributed by atoms with Crippen molar-refractivity contribution in [3.05, 3.63) is 58.6 Å². The van der Waals surface area contributed by atoms with Gasteiger partial charge in [0.15, 0.2) is 11.4 Å². The minimum absolute atomic E-state index is 0.0166. The van der Waals surface area contributed by atoms with E-state index in [9.17, 15) is 22.8 Å². The van der Waals surface area contributed by atoms with E-state index in [0.717, 1.165) is 10.6 Å². The fourth-order valence-corrected chi connectivity index (χ4v) is 3.10. The third-order valence-corrected chi connectivity index (χ3v) is 4.35. The summed E-state index contributed by atoms with van der Waals surface area (Å²) in [5.41, 5.74) is -1.65. The number of hydrogen-bond donors (Lipinski definition) is 0. The molecule has 4 rings (SSSR count). The van der Waals surface area contributed by atoms with Crippen molar-refractivity contribution in [3.8, 4) is 5.69 Å². The smallest absolute Gasteiger partial charge is 0.348 e. The van der Waals surface area contributed by atoms with Crippen molar-refractivity contribution in [2.75, 3.05) is 18.0 Å². The number of fused-ring (bicyclic) bond motifs is 1. The Hall–Kier alpha value is -3.23. The Morgan fingerprint density at radius 2 is 1.70 bits per heavy atom. The van der Waals surface area contributed by atoms with Crippen LogP contribution in [0, 0.1) is 0 Å². The van der Waals surface area contributed by atoms with E-state index in [-0.39, 0.29) is 29.2 Å². The summed E-state index contributed by atoms with van der Waals surface area (Å²) in [5, 5.41) is 0.279. The maximum absolute atomic E-state index is 13.2. The number of rotatable bonds is 2. The zero-order valence-electron chi connectivity index (χ0n) is 13.9. The Morgan fingerprint density at radius 3 is 2.33 bits per heavy atom. The summed E-state index contributed by atoms with van der Waals surface area (Å²) in [4.78, 5) is 33.6. The van der Waals surface area contributed by atoms with E-state index in [0.29, 0.717) is 18.7 Å². The van der Waals surface area contributed by atoms with Crippen LogP contribution < -0.4 is 10.6 Å². The first-order valence-electron chi connectivity index (χ1n) is 8.17. The highest BCUT2D eigenvalue weighted by atomic mass is 19.4. The maximum Gasteiger partial charge on any atom is 0.433 e. The third-order valence-electron chi connectivity index (χ3n) is 4.35. The quantitative estimate of drug-likeness (QED) is 0.690. The molecule has 1 aliphatic rings. The molecule has 0 amide bonds. The molecule has 0 aliphatic carbocycles. The largest absolute Gasteiger partial charge is 0.433 e. The van der Waals surface area contributed by atoms with Crippen molar-refractivity contribution in [1.29, 1.82) is 0 Å². The zero-order chi connectivity index (χ0) is 19.2. The second-order valence-electron chi connectivity index (χ2n) is 6.16. The number of Topliss-reactive ketones (excluding diaryl/α,β-unsaturated/α-hetero) is 1. The lowest BCUT2D eigenvalue weighted by molar-refractivity contribution is -0.141. The van der Waals surface area contributed by atoms with Crippen molar-refractivity contribution in [1.82, 2.24) is 14.5 Å². The van der Waals surface area contributed by atoms with Crippen molar-refractivity contribution in [2.45, 2.75) is 12.6 Å². The molecular weight excluding hydrogens is 361 g/mol. The molecule has 0 bridgehead atoms. The van der Waals surface area contributed by atoms with Crippen molar-refractivity contribution < 1.29 is 18.0 Å². The van der Waals surface area contributed by atoms with Crippen LogP contribution in [-0.4, -0.2) is 33.4 Å². The summed E-state index contributed by atoms with van der Waals surface area (Å²) >= 11 is 0. The zero-order valence-corrected chi connectivity index (χ0v) is 13.9. The number of para-hydroxylation sites is 1. The van der Waals surface area contributed by atoms with E-state index in [1.807, 2.05) is 0 Å². The molecule has 3 aromatic rings. The number of aromatic nitrogens is 3. The normalized spacial score (nSPS) is 14.9. The van der Waals surface area contributed by atoms with Gasteiger partial charge in [0, 0.05) is 13.0 Å². The van der Waals surface area contributed by atoms with Gasteiger partial charge in [-0.2, -0.15) is 18.2 Å². The lowest BCUT2D eigenvalue weighted by atomic mass is 10.2. The summed E-state index contributed by atoms with van der Waals surface area (Å²) in [6.45, 7) is 0.425. The van der Waals surface area contributed by atoms with Crippen LogP contribution in [0.1, 0.15) is 12.1 Å². The highest BCUT2D eigenvalue weighted by molar-refractivity contribution is 5.93. The van der Waals surface area contributed by atoms with Gasteiger partial charge >= 0.3 is 11.9 Å². The Labute approximate surface area is 150 Å². The first-order chi connectivity index (χ1) is 12.8. The molecule has 0 radical (unpaired) electrons. The molecule has 27 heavy (non-hydrogen) atoms. The monoisotopic (exact) mass is 374 g/mol. The first kappa shape index (κ1) is 17.2. The number of carbonyl (C=O) groups excluding carboxylic acids is 1. The van der Waals surface area contributed by atoms with Crippen molar-refractivity contribution in [3.63, 3.8) is 0 Å². The number of ketones is 1. The van der Waals surface area contributed by atoms with Gasteiger partial charge in [-0.1, -0.05) is 18.2 Å². The molecule has 0 unspecified atom stereocenters. The minimum Gasteiger partial charge on any atom is -0.348 e. The summed E-state index contributed by atoms with van der Waals surface area (Å²) in [5.74, 6) is 0.159. The highest BCUT2D eigenvalue weighted by Crippen LogP contribution is 2.32. The van der Waals surface area contributed by atoms with Crippen LogP contribution in [0.4, 0.5) is 19.0 Å². The molecule has 1 saturated heterocycles. The number of benzene rings is 1. The van der Waals surface area contributed by atoms with Gasteiger partial charge in [-0.3, -0.25) is 4.79 Å². The number of nitrogens with zero attached hydrogens (tertiary/aromatic N) is 4. The molecule has 2 aromatic heterocycles. The molecule has 138 valence electrons. The van der Waals surface area contributed by atoms with E-state index in [1.165, 1.54) is 6.07 Å². The summed E-state index contributed by atoms with van der Waals surface area (Å²) in [6.07, 6.45) is -4.35. The van der Waals surface area contributed by atoms with Gasteiger partial charge in [0.1, 0.15) is 11.5 Å². The van der Waals surface area contributed by atoms with Gasteiger partial charge in [-0.15, -0.1) is 0 Å². The molecular formula is C18H13F3N4O2. The SMILES string of the molecule is O=C1CCN(c2nc(=O)n(-c3ccccc3)c3nc(C(F)(F)F)ccc23)C1. The topological polar surface area (TPSA) is 68.1 Å². The lowest BCUT2D eigenvalue weighted by Crippen LogP contribution is -2.29. The summed E-state index contributed by atoms with van der Waals surface area (Å²) in [6, 6.07) is 10.3. The van der Waals surface area contributed by atoms with Gasteiger partial charge in [-0.25, -0.2) is 14.3 Å². The third kappa shape index (κ3) is 3.05. The molecule has 1 aromatic carbocycles. The van der Waals surface area contributed by atoms with Gasteiger partial charge < -0.3 is 4.90 Å². The number of halogens is 3. The van der Waals surface area contributed by atoms with E-state index < -0.39 is 17.6 Å². The summed E-state index contributed by atoms with van der Waals surface area (Å²) < 4.78 is 40.6. The van der Waals surface area contributed by atoms with Crippen LogP contribution in [0.2, 0.25) is 0 Å². The Kier molecular flexibility index (Phi) is 3.94. The predicted octanol–water partition coefficient (Wildman–Crippen LogP) is 2.58. The van der Waals surface area contributed by atoms with Crippen LogP contribution >= 0.6 is 0 Å². The minimum atomic E-state index is -4.65. The fourth-order valence-electron chi connectivity index (χ4n) is 3.10. The van der Waals surface area contributed by atoms with Crippen LogP contribution in [0.25, 0.3) is 16.7 Å². The number of anilines is 1. The molecule has 0 atom stereocenters. The molecule has 1 aliphatic heterocycles.